The Morgan fingerprint density at radius 2 is 2.03 bits per heavy atom. The van der Waals surface area contributed by atoms with E-state index in [1.165, 1.54) is 13.2 Å². The number of aromatic amines is 1. The van der Waals surface area contributed by atoms with Crippen molar-refractivity contribution in [3.63, 3.8) is 0 Å². The number of piperidine rings is 1. The van der Waals surface area contributed by atoms with Crippen LogP contribution in [0.2, 0.25) is 0 Å². The molecule has 4 heterocycles. The number of tetrazole rings is 1. The molecule has 182 valence electrons. The number of fused-ring (bicyclic) bond motifs is 2. The summed E-state index contributed by atoms with van der Waals surface area (Å²) in [5.41, 5.74) is 1.10. The third-order valence-corrected chi connectivity index (χ3v) is 6.89. The third-order valence-electron chi connectivity index (χ3n) is 6.89. The molecule has 2 aromatic carbocycles. The molecule has 0 radical (unpaired) electrons. The van der Waals surface area contributed by atoms with Gasteiger partial charge in [0, 0.05) is 42.9 Å². The summed E-state index contributed by atoms with van der Waals surface area (Å²) in [6, 6.07) is 11.9. The molecular weight excluding hydrogens is 464 g/mol. The van der Waals surface area contributed by atoms with Gasteiger partial charge in [-0.3, -0.25) is 9.59 Å². The number of hydrogen-bond acceptors (Lipinski definition) is 9. The van der Waals surface area contributed by atoms with Gasteiger partial charge in [0.15, 0.2) is 11.6 Å². The fraction of sp³-hybridized carbons (Fsp3) is 0.280. The molecule has 2 N–H and O–H groups in total. The van der Waals surface area contributed by atoms with Crippen molar-refractivity contribution in [1.82, 2.24) is 30.5 Å². The van der Waals surface area contributed by atoms with E-state index in [1.807, 2.05) is 0 Å². The number of ketones is 1. The van der Waals surface area contributed by atoms with Gasteiger partial charge in [-0.15, -0.1) is 5.10 Å². The van der Waals surface area contributed by atoms with Gasteiger partial charge in [0.05, 0.1) is 19.1 Å². The van der Waals surface area contributed by atoms with Crippen LogP contribution < -0.4 is 9.47 Å². The molecule has 36 heavy (non-hydrogen) atoms. The predicted molar refractivity (Wildman–Crippen MR) is 127 cm³/mol. The van der Waals surface area contributed by atoms with Gasteiger partial charge in [-0.1, -0.05) is 6.07 Å². The van der Waals surface area contributed by atoms with E-state index in [0.717, 1.165) is 0 Å². The lowest BCUT2D eigenvalue weighted by Gasteiger charge is -2.43. The molecule has 0 aliphatic carbocycles. The lowest BCUT2D eigenvalue weighted by atomic mass is 9.82. The second-order valence-electron chi connectivity index (χ2n) is 9.02. The van der Waals surface area contributed by atoms with Crippen LogP contribution in [0, 0.1) is 0 Å². The molecule has 1 saturated heterocycles. The van der Waals surface area contributed by atoms with E-state index in [2.05, 4.69) is 25.6 Å². The molecule has 11 heteroatoms. The number of nitrogens with one attached hydrogen (secondary N) is 1. The minimum atomic E-state index is -0.668. The summed E-state index contributed by atoms with van der Waals surface area (Å²) in [7, 11) is 1.52. The lowest BCUT2D eigenvalue weighted by Crippen LogP contribution is -2.52. The number of amides is 1. The number of carbonyl (C=O) groups is 2. The maximum atomic E-state index is 13.3. The summed E-state index contributed by atoms with van der Waals surface area (Å²) < 4.78 is 11.7. The maximum Gasteiger partial charge on any atom is 0.272 e. The molecule has 2 aliphatic heterocycles. The summed E-state index contributed by atoms with van der Waals surface area (Å²) in [5.74, 6) is 1.14. The van der Waals surface area contributed by atoms with Crippen LogP contribution in [-0.4, -0.2) is 73.1 Å². The van der Waals surface area contributed by atoms with E-state index < -0.39 is 5.60 Å². The number of ether oxygens (including phenoxy) is 2. The molecule has 6 rings (SSSR count). The van der Waals surface area contributed by atoms with Crippen LogP contribution in [0.25, 0.3) is 22.3 Å². The molecule has 1 amide bonds. The molecule has 1 spiro atoms. The Morgan fingerprint density at radius 3 is 2.78 bits per heavy atom. The van der Waals surface area contributed by atoms with Crippen LogP contribution in [0.5, 0.6) is 17.2 Å². The van der Waals surface area contributed by atoms with Crippen LogP contribution in [-0.2, 0) is 0 Å². The van der Waals surface area contributed by atoms with E-state index in [1.54, 1.807) is 41.3 Å². The standard InChI is InChI=1S/C25H22N6O5/c1-35-21-4-2-3-15-18(32)12-17(26-22(15)21)24(34)31-9-7-25(8-10-31)13-19(33)16-11-14(5-6-20(16)36-25)23-27-29-30-28-23/h2-6,11-12H,7-10,13H2,1H3,(H,26,32)(H,27,28,29,30). The number of Topliss-reactive ketones (excluding diaryl/α,β-unsaturated/α-hetero) is 1. The van der Waals surface area contributed by atoms with Crippen molar-refractivity contribution < 1.29 is 24.2 Å². The summed E-state index contributed by atoms with van der Waals surface area (Å²) >= 11 is 0. The zero-order chi connectivity index (χ0) is 24.9. The minimum absolute atomic E-state index is 0.0152. The fourth-order valence-electron chi connectivity index (χ4n) is 4.96. The summed E-state index contributed by atoms with van der Waals surface area (Å²) in [4.78, 5) is 32.5. The summed E-state index contributed by atoms with van der Waals surface area (Å²) in [6.45, 7) is 0.797. The van der Waals surface area contributed by atoms with Gasteiger partial charge in [-0.25, -0.2) is 10.1 Å². The first-order chi connectivity index (χ1) is 17.5. The van der Waals surface area contributed by atoms with Gasteiger partial charge in [-0.2, -0.15) is 0 Å². The molecule has 0 atom stereocenters. The Hall–Kier alpha value is -4.54. The molecule has 0 unspecified atom stereocenters. The van der Waals surface area contributed by atoms with Crippen LogP contribution in [0.15, 0.2) is 42.5 Å². The number of methoxy groups -OCH3 is 1. The van der Waals surface area contributed by atoms with Gasteiger partial charge < -0.3 is 19.5 Å². The van der Waals surface area contributed by atoms with Crippen molar-refractivity contribution in [2.45, 2.75) is 24.9 Å². The highest BCUT2D eigenvalue weighted by molar-refractivity contribution is 6.01. The quantitative estimate of drug-likeness (QED) is 0.447. The molecule has 2 aromatic heterocycles. The van der Waals surface area contributed by atoms with Gasteiger partial charge in [0.2, 0.25) is 0 Å². The van der Waals surface area contributed by atoms with Gasteiger partial charge in [0.1, 0.15) is 34.1 Å². The highest BCUT2D eigenvalue weighted by Gasteiger charge is 2.44. The average Bonchev–Trinajstić information content (AvgIpc) is 3.43. The van der Waals surface area contributed by atoms with Crippen LogP contribution in [0.3, 0.4) is 0 Å². The van der Waals surface area contributed by atoms with Crippen molar-refractivity contribution in [1.29, 1.82) is 0 Å². The van der Waals surface area contributed by atoms with Crippen LogP contribution in [0.1, 0.15) is 40.1 Å². The predicted octanol–water partition coefficient (Wildman–Crippen LogP) is 2.77. The number of nitrogens with zero attached hydrogens (tertiary/aromatic N) is 5. The largest absolute Gasteiger partial charge is 0.507 e. The smallest absolute Gasteiger partial charge is 0.272 e. The number of H-pyrrole nitrogens is 1. The SMILES string of the molecule is COc1cccc2c(O)cc(C(=O)N3CCC4(CC3)CC(=O)c3cc(-c5nnn[nH]5)ccc3O4)nc12. The number of aromatic nitrogens is 5. The van der Waals surface area contributed by atoms with Crippen molar-refractivity contribution in [2.24, 2.45) is 0 Å². The fourth-order valence-corrected chi connectivity index (χ4v) is 4.96. The van der Waals surface area contributed by atoms with E-state index >= 15 is 0 Å². The van der Waals surface area contributed by atoms with Gasteiger partial charge in [-0.05, 0) is 40.8 Å². The second kappa shape index (κ2) is 8.29. The zero-order valence-corrected chi connectivity index (χ0v) is 19.4. The monoisotopic (exact) mass is 486 g/mol. The second-order valence-corrected chi connectivity index (χ2v) is 9.02. The Labute approximate surface area is 205 Å². The van der Waals surface area contributed by atoms with Crippen LogP contribution in [0.4, 0.5) is 0 Å². The first-order valence-electron chi connectivity index (χ1n) is 11.5. The normalized spacial score (nSPS) is 16.6. The highest BCUT2D eigenvalue weighted by atomic mass is 16.5. The van der Waals surface area contributed by atoms with Gasteiger partial charge in [0.25, 0.3) is 5.91 Å². The molecule has 11 nitrogen and oxygen atoms in total. The minimum Gasteiger partial charge on any atom is -0.507 e. The molecule has 4 aromatic rings. The zero-order valence-electron chi connectivity index (χ0n) is 19.4. The number of hydrogen-bond donors (Lipinski definition) is 2. The summed E-state index contributed by atoms with van der Waals surface area (Å²) in [6.07, 6.45) is 1.23. The Morgan fingerprint density at radius 1 is 1.19 bits per heavy atom. The Bertz CT molecular complexity index is 1490. The van der Waals surface area contributed by atoms with E-state index in [4.69, 9.17) is 9.47 Å². The molecule has 0 saturated carbocycles. The molecular formula is C25H22N6O5. The number of pyridine rings is 1. The molecule has 1 fully saturated rings. The number of para-hydroxylation sites is 1. The van der Waals surface area contributed by atoms with E-state index in [9.17, 15) is 14.7 Å². The first kappa shape index (κ1) is 22.0. The molecule has 0 bridgehead atoms. The van der Waals surface area contributed by atoms with Gasteiger partial charge >= 0.3 is 0 Å². The van der Waals surface area contributed by atoms with Crippen molar-refractivity contribution in [3.8, 4) is 28.6 Å². The topological polar surface area (TPSA) is 143 Å². The average molecular weight is 486 g/mol. The summed E-state index contributed by atoms with van der Waals surface area (Å²) in [5, 5.41) is 24.7. The maximum absolute atomic E-state index is 13.3. The molecule has 2 aliphatic rings. The Balaban J connectivity index is 1.20. The van der Waals surface area contributed by atoms with Crippen molar-refractivity contribution in [3.05, 3.63) is 53.7 Å². The number of likely N-dealkylation sites (tertiary alicyclic amines) is 1. The van der Waals surface area contributed by atoms with Crippen LogP contribution >= 0.6 is 0 Å². The van der Waals surface area contributed by atoms with E-state index in [-0.39, 0.29) is 29.6 Å². The van der Waals surface area contributed by atoms with E-state index in [0.29, 0.717) is 65.3 Å². The number of benzene rings is 2. The number of rotatable bonds is 3. The Kier molecular flexibility index (Phi) is 5.06. The first-order valence-corrected chi connectivity index (χ1v) is 11.5. The van der Waals surface area contributed by atoms with Crippen molar-refractivity contribution in [2.75, 3.05) is 20.2 Å². The van der Waals surface area contributed by atoms with Crippen molar-refractivity contribution >= 4 is 22.6 Å². The number of carbonyl (C=O) groups excluding carboxylic acids is 2. The number of aromatic hydroxyl groups is 1. The lowest BCUT2D eigenvalue weighted by molar-refractivity contribution is -0.00584. The highest BCUT2D eigenvalue weighted by Crippen LogP contribution is 2.41. The third kappa shape index (κ3) is 3.60.